The van der Waals surface area contributed by atoms with Gasteiger partial charge in [-0.2, -0.15) is 0 Å². The van der Waals surface area contributed by atoms with Gasteiger partial charge in [0.05, 0.1) is 19.3 Å². The topological polar surface area (TPSA) is 64.7 Å². The van der Waals surface area contributed by atoms with Crippen LogP contribution < -0.4 is 10.5 Å². The van der Waals surface area contributed by atoms with E-state index in [2.05, 4.69) is 0 Å². The monoisotopic (exact) mass is 239 g/mol. The molecular weight excluding hydrogens is 218 g/mol. The van der Waals surface area contributed by atoms with Gasteiger partial charge in [0.1, 0.15) is 5.75 Å². The second-order valence-electron chi connectivity index (χ2n) is 3.75. The Hall–Kier alpha value is -1.10. The first-order valence-electron chi connectivity index (χ1n) is 5.94. The highest BCUT2D eigenvalue weighted by atomic mass is 16.5. The minimum Gasteiger partial charge on any atom is -0.493 e. The summed E-state index contributed by atoms with van der Waals surface area (Å²) in [6.07, 6.45) is 0.850. The van der Waals surface area contributed by atoms with Crippen LogP contribution in [-0.4, -0.2) is 31.0 Å². The number of aliphatic hydroxyl groups excluding tert-OH is 1. The van der Waals surface area contributed by atoms with Gasteiger partial charge in [0, 0.05) is 19.6 Å². The van der Waals surface area contributed by atoms with Gasteiger partial charge in [-0.3, -0.25) is 0 Å². The maximum absolute atomic E-state index is 8.90. The van der Waals surface area contributed by atoms with Crippen LogP contribution in [0.1, 0.15) is 18.9 Å². The molecule has 1 unspecified atom stereocenters. The first-order chi connectivity index (χ1) is 8.30. The molecule has 0 aliphatic carbocycles. The molecule has 17 heavy (non-hydrogen) atoms. The van der Waals surface area contributed by atoms with E-state index in [0.717, 1.165) is 17.7 Å². The first kappa shape index (κ1) is 14.0. The van der Waals surface area contributed by atoms with Crippen molar-refractivity contribution in [1.29, 1.82) is 0 Å². The average molecular weight is 239 g/mol. The molecule has 0 saturated carbocycles. The van der Waals surface area contributed by atoms with E-state index in [1.165, 1.54) is 0 Å². The highest BCUT2D eigenvalue weighted by molar-refractivity contribution is 5.26. The standard InChI is InChI=1S/C13H21NO3/c1-2-16-13(9-14)7-8-17-12-5-3-11(10-15)4-6-12/h3-6,13,15H,2,7-10,14H2,1H3. The van der Waals surface area contributed by atoms with E-state index >= 15 is 0 Å². The number of hydrogen-bond acceptors (Lipinski definition) is 4. The summed E-state index contributed by atoms with van der Waals surface area (Å²) in [4.78, 5) is 0. The summed E-state index contributed by atoms with van der Waals surface area (Å²) in [5.74, 6) is 0.800. The van der Waals surface area contributed by atoms with Crippen molar-refractivity contribution < 1.29 is 14.6 Å². The molecule has 0 aromatic heterocycles. The number of hydrogen-bond donors (Lipinski definition) is 2. The van der Waals surface area contributed by atoms with Crippen LogP contribution in [0.2, 0.25) is 0 Å². The second-order valence-corrected chi connectivity index (χ2v) is 3.75. The van der Waals surface area contributed by atoms with Crippen LogP contribution in [0.25, 0.3) is 0 Å². The molecule has 0 bridgehead atoms. The summed E-state index contributed by atoms with van der Waals surface area (Å²) in [7, 11) is 0. The molecule has 96 valence electrons. The van der Waals surface area contributed by atoms with Crippen LogP contribution >= 0.6 is 0 Å². The number of rotatable bonds is 8. The summed E-state index contributed by atoms with van der Waals surface area (Å²) in [6, 6.07) is 7.39. The van der Waals surface area contributed by atoms with Gasteiger partial charge in [-0.1, -0.05) is 12.1 Å². The van der Waals surface area contributed by atoms with Gasteiger partial charge in [0.25, 0.3) is 0 Å². The van der Waals surface area contributed by atoms with Gasteiger partial charge in [-0.25, -0.2) is 0 Å². The van der Waals surface area contributed by atoms with Gasteiger partial charge in [0.15, 0.2) is 0 Å². The number of nitrogens with two attached hydrogens (primary N) is 1. The molecule has 0 spiro atoms. The van der Waals surface area contributed by atoms with Crippen molar-refractivity contribution in [2.24, 2.45) is 5.73 Å². The van der Waals surface area contributed by atoms with E-state index in [-0.39, 0.29) is 12.7 Å². The average Bonchev–Trinajstić information content (AvgIpc) is 2.38. The van der Waals surface area contributed by atoms with Crippen LogP contribution in [0.3, 0.4) is 0 Å². The Morgan fingerprint density at radius 3 is 2.53 bits per heavy atom. The lowest BCUT2D eigenvalue weighted by Crippen LogP contribution is -2.25. The zero-order valence-corrected chi connectivity index (χ0v) is 10.3. The summed E-state index contributed by atoms with van der Waals surface area (Å²) >= 11 is 0. The molecule has 4 heteroatoms. The van der Waals surface area contributed by atoms with Crippen LogP contribution in [0.4, 0.5) is 0 Å². The molecule has 4 nitrogen and oxygen atoms in total. The lowest BCUT2D eigenvalue weighted by atomic mass is 10.2. The Morgan fingerprint density at radius 1 is 1.29 bits per heavy atom. The Morgan fingerprint density at radius 2 is 2.00 bits per heavy atom. The van der Waals surface area contributed by atoms with Gasteiger partial charge in [-0.15, -0.1) is 0 Å². The van der Waals surface area contributed by atoms with Crippen LogP contribution in [0, 0.1) is 0 Å². The lowest BCUT2D eigenvalue weighted by molar-refractivity contribution is 0.0527. The molecule has 0 heterocycles. The Bertz CT molecular complexity index is 300. The summed E-state index contributed by atoms with van der Waals surface area (Å²) < 4.78 is 11.0. The molecule has 1 rings (SSSR count). The zero-order valence-electron chi connectivity index (χ0n) is 10.3. The van der Waals surface area contributed by atoms with Crippen molar-refractivity contribution in [2.75, 3.05) is 19.8 Å². The maximum Gasteiger partial charge on any atom is 0.119 e. The summed E-state index contributed by atoms with van der Waals surface area (Å²) in [5, 5.41) is 8.90. The summed E-state index contributed by atoms with van der Waals surface area (Å²) in [6.45, 7) is 3.78. The number of benzene rings is 1. The lowest BCUT2D eigenvalue weighted by Gasteiger charge is -2.15. The van der Waals surface area contributed by atoms with Gasteiger partial charge < -0.3 is 20.3 Å². The molecule has 0 aliphatic heterocycles. The second kappa shape index (κ2) is 8.06. The minimum atomic E-state index is 0.0554. The Kier molecular flexibility index (Phi) is 6.62. The van der Waals surface area contributed by atoms with Gasteiger partial charge in [0.2, 0.25) is 0 Å². The van der Waals surface area contributed by atoms with Crippen molar-refractivity contribution in [1.82, 2.24) is 0 Å². The SMILES string of the molecule is CCOC(CN)CCOc1ccc(CO)cc1. The Balaban J connectivity index is 2.29. The van der Waals surface area contributed by atoms with Gasteiger partial charge in [-0.05, 0) is 24.6 Å². The fourth-order valence-electron chi connectivity index (χ4n) is 1.50. The molecule has 1 atom stereocenters. The smallest absolute Gasteiger partial charge is 0.119 e. The molecular formula is C13H21NO3. The number of ether oxygens (including phenoxy) is 2. The molecule has 0 amide bonds. The molecule has 1 aromatic carbocycles. The van der Waals surface area contributed by atoms with E-state index in [4.69, 9.17) is 20.3 Å². The predicted octanol–water partition coefficient (Wildman–Crippen LogP) is 1.31. The molecule has 0 aliphatic rings. The van der Waals surface area contributed by atoms with Crippen molar-refractivity contribution in [3.05, 3.63) is 29.8 Å². The fraction of sp³-hybridized carbons (Fsp3) is 0.538. The van der Waals surface area contributed by atoms with Crippen molar-refractivity contribution in [3.8, 4) is 5.75 Å². The van der Waals surface area contributed by atoms with E-state index < -0.39 is 0 Å². The number of aliphatic hydroxyl groups is 1. The van der Waals surface area contributed by atoms with Gasteiger partial charge >= 0.3 is 0 Å². The third-order valence-electron chi connectivity index (χ3n) is 2.48. The van der Waals surface area contributed by atoms with E-state index in [9.17, 15) is 0 Å². The zero-order chi connectivity index (χ0) is 12.5. The molecule has 0 saturated heterocycles. The molecule has 0 radical (unpaired) electrons. The largest absolute Gasteiger partial charge is 0.493 e. The van der Waals surface area contributed by atoms with Crippen LogP contribution in [-0.2, 0) is 11.3 Å². The molecule has 0 fully saturated rings. The molecule has 3 N–H and O–H groups in total. The highest BCUT2D eigenvalue weighted by Crippen LogP contribution is 2.12. The van der Waals surface area contributed by atoms with E-state index in [1.54, 1.807) is 0 Å². The first-order valence-corrected chi connectivity index (χ1v) is 5.94. The maximum atomic E-state index is 8.90. The van der Waals surface area contributed by atoms with E-state index in [1.807, 2.05) is 31.2 Å². The van der Waals surface area contributed by atoms with E-state index in [0.29, 0.717) is 19.8 Å². The highest BCUT2D eigenvalue weighted by Gasteiger charge is 2.05. The van der Waals surface area contributed by atoms with Crippen LogP contribution in [0.5, 0.6) is 5.75 Å². The summed E-state index contributed by atoms with van der Waals surface area (Å²) in [5.41, 5.74) is 6.45. The minimum absolute atomic E-state index is 0.0554. The van der Waals surface area contributed by atoms with Crippen molar-refractivity contribution >= 4 is 0 Å². The molecule has 1 aromatic rings. The third kappa shape index (κ3) is 5.17. The quantitative estimate of drug-likeness (QED) is 0.718. The Labute approximate surface area is 102 Å². The van der Waals surface area contributed by atoms with Crippen molar-refractivity contribution in [2.45, 2.75) is 26.1 Å². The fourth-order valence-corrected chi connectivity index (χ4v) is 1.50. The predicted molar refractivity (Wildman–Crippen MR) is 66.9 cm³/mol. The normalized spacial score (nSPS) is 12.4. The van der Waals surface area contributed by atoms with Crippen molar-refractivity contribution in [3.63, 3.8) is 0 Å². The van der Waals surface area contributed by atoms with Crippen LogP contribution in [0.15, 0.2) is 24.3 Å². The third-order valence-corrected chi connectivity index (χ3v) is 2.48.